The third-order valence-electron chi connectivity index (χ3n) is 14.7. The molecule has 7 aliphatic rings. The van der Waals surface area contributed by atoms with Gasteiger partial charge in [-0.15, -0.1) is 0 Å². The number of carbonyl (C=O) groups is 1. The van der Waals surface area contributed by atoms with Crippen molar-refractivity contribution in [1.82, 2.24) is 0 Å². The van der Waals surface area contributed by atoms with Crippen LogP contribution >= 0.6 is 0 Å². The lowest BCUT2D eigenvalue weighted by Crippen LogP contribution is -2.64. The number of aliphatic hydroxyl groups is 14. The number of hydrogen-bond acceptors (Lipinski definition) is 24. The Morgan fingerprint density at radius 1 is 0.552 bits per heavy atom. The second-order valence-corrected chi connectivity index (χ2v) is 19.3. The van der Waals surface area contributed by atoms with Crippen LogP contribution in [0.2, 0.25) is 0 Å². The number of allylic oxidation sites excluding steroid dienone is 1. The predicted molar refractivity (Wildman–Crippen MR) is 218 cm³/mol. The molecule has 11 unspecified atom stereocenters. The molecule has 0 amide bonds. The Morgan fingerprint density at radius 3 is 1.76 bits per heavy atom. The van der Waals surface area contributed by atoms with Gasteiger partial charge in [0.2, 0.25) is 0 Å². The molecule has 0 aromatic rings. The van der Waals surface area contributed by atoms with E-state index in [-0.39, 0.29) is 44.1 Å². The van der Waals surface area contributed by atoms with Crippen molar-refractivity contribution >= 4 is 5.97 Å². The molecule has 4 aliphatic heterocycles. The quantitative estimate of drug-likeness (QED) is 0.0603. The second-order valence-electron chi connectivity index (χ2n) is 19.3. The standard InChI is InChI=1S/C43H70O24/c1-15-30(49)34(53)37(56)41(62-15)61-14-28-33(52)36(55)39(58)43(67-28)65-26-12-19-23(63-40(26)17-8-21(46)31(50)22(47)9-17)10-18(44)11-24(19)64-42-38(57)35(54)32(51)27(66-42)13-60-29(48)6-4-16-3-5-20(45)25(7-16)59-2/h4,6,15-28,30-47,49-58H,3,5,7-14H2,1-2H3/t15-,16?,17?,18?,19?,20?,21?,22?,23?,24?,25?,26?,27+,28+,30-,31?,32+,33-,34+,35-,36-,37+,38+,39+,40?,41+,42+,43-/m0/s1. The zero-order valence-electron chi connectivity index (χ0n) is 37.2. The third kappa shape index (κ3) is 12.0. The molecule has 0 spiro atoms. The van der Waals surface area contributed by atoms with Crippen LogP contribution in [0.3, 0.4) is 0 Å². The summed E-state index contributed by atoms with van der Waals surface area (Å²) in [5.41, 5.74) is 0. The highest BCUT2D eigenvalue weighted by molar-refractivity contribution is 5.81. The maximum Gasteiger partial charge on any atom is 0.330 e. The molecule has 7 fully saturated rings. The molecule has 0 bridgehead atoms. The minimum Gasteiger partial charge on any atom is -0.460 e. The predicted octanol–water partition coefficient (Wildman–Crippen LogP) is -6.09. The van der Waals surface area contributed by atoms with Crippen LogP contribution in [0.25, 0.3) is 0 Å². The van der Waals surface area contributed by atoms with E-state index in [1.807, 2.05) is 0 Å². The van der Waals surface area contributed by atoms with Crippen molar-refractivity contribution in [2.75, 3.05) is 20.3 Å². The van der Waals surface area contributed by atoms with Crippen molar-refractivity contribution in [1.29, 1.82) is 0 Å². The van der Waals surface area contributed by atoms with Crippen LogP contribution in [0.1, 0.15) is 58.3 Å². The van der Waals surface area contributed by atoms with Crippen LogP contribution in [0.4, 0.5) is 0 Å². The molecule has 4 saturated heterocycles. The van der Waals surface area contributed by atoms with Crippen LogP contribution < -0.4 is 0 Å². The molecule has 386 valence electrons. The van der Waals surface area contributed by atoms with Gasteiger partial charge in [0.15, 0.2) is 18.9 Å². The van der Waals surface area contributed by atoms with Gasteiger partial charge in [-0.1, -0.05) is 6.08 Å². The maximum absolute atomic E-state index is 12.7. The Labute approximate surface area is 386 Å². The Hall–Kier alpha value is -1.67. The van der Waals surface area contributed by atoms with Gasteiger partial charge in [-0.05, 0) is 63.7 Å². The molecule has 3 aliphatic carbocycles. The number of hydrogen-bond donors (Lipinski definition) is 14. The van der Waals surface area contributed by atoms with Gasteiger partial charge >= 0.3 is 5.97 Å². The summed E-state index contributed by atoms with van der Waals surface area (Å²) < 4.78 is 52.8. The van der Waals surface area contributed by atoms with Crippen molar-refractivity contribution in [3.8, 4) is 0 Å². The van der Waals surface area contributed by atoms with Gasteiger partial charge in [-0.3, -0.25) is 0 Å². The topological polar surface area (TPSA) is 383 Å². The van der Waals surface area contributed by atoms with Crippen molar-refractivity contribution < 1.29 is 119 Å². The normalized spacial score (nSPS) is 52.1. The summed E-state index contributed by atoms with van der Waals surface area (Å²) in [6.45, 7) is 0.305. The Balaban J connectivity index is 1.05. The molecule has 14 N–H and O–H groups in total. The number of aliphatic hydroxyl groups excluding tert-OH is 14. The molecule has 7 rings (SSSR count). The fourth-order valence-electron chi connectivity index (χ4n) is 10.6. The minimum atomic E-state index is -1.88. The lowest BCUT2D eigenvalue weighted by molar-refractivity contribution is -0.352. The Kier molecular flexibility index (Phi) is 18.1. The van der Waals surface area contributed by atoms with Gasteiger partial charge in [0.05, 0.1) is 67.6 Å². The Morgan fingerprint density at radius 2 is 1.13 bits per heavy atom. The molecule has 0 aromatic carbocycles. The summed E-state index contributed by atoms with van der Waals surface area (Å²) in [6.07, 6.45) is -30.2. The smallest absolute Gasteiger partial charge is 0.330 e. The zero-order valence-corrected chi connectivity index (χ0v) is 37.2. The first kappa shape index (κ1) is 53.1. The molecule has 3 saturated carbocycles. The van der Waals surface area contributed by atoms with Crippen molar-refractivity contribution in [2.45, 2.75) is 211 Å². The van der Waals surface area contributed by atoms with Crippen molar-refractivity contribution in [3.63, 3.8) is 0 Å². The average Bonchev–Trinajstić information content (AvgIpc) is 3.30. The number of rotatable bonds is 13. The lowest BCUT2D eigenvalue weighted by atomic mass is 9.72. The average molecular weight is 971 g/mol. The van der Waals surface area contributed by atoms with E-state index in [0.717, 1.165) is 0 Å². The third-order valence-corrected chi connectivity index (χ3v) is 14.7. The molecule has 67 heavy (non-hydrogen) atoms. The molecule has 24 heteroatoms. The van der Waals surface area contributed by atoms with E-state index < -0.39 is 178 Å². The summed E-state index contributed by atoms with van der Waals surface area (Å²) in [6, 6.07) is 0. The minimum absolute atomic E-state index is 0.0168. The van der Waals surface area contributed by atoms with Crippen molar-refractivity contribution in [2.24, 2.45) is 17.8 Å². The molecule has 0 radical (unpaired) electrons. The van der Waals surface area contributed by atoms with Crippen LogP contribution in [0.15, 0.2) is 12.2 Å². The SMILES string of the molecule is COC1CC(C=CC(=O)OC[C@H]2O[C@@H](OC3CC(O)CC4OC(C5CC(O)C(O)C(O)C5)C(O[C@H]5O[C@H](CO[C@@H]6O[C@@H](C)[C@H](O)[C@@H](O)[C@H]6O)[C@H](O)[C@H](O)[C@H]5O)CC43)[C@H](O)[C@@H](O)[C@@H]2O)CCC1O. The number of esters is 1. The van der Waals surface area contributed by atoms with Gasteiger partial charge in [-0.2, -0.15) is 0 Å². The van der Waals surface area contributed by atoms with Gasteiger partial charge < -0.3 is 114 Å². The number of ether oxygens (including phenoxy) is 9. The van der Waals surface area contributed by atoms with Crippen LogP contribution in [-0.4, -0.2) is 251 Å². The molecule has 4 heterocycles. The number of fused-ring (bicyclic) bond motifs is 1. The van der Waals surface area contributed by atoms with E-state index in [1.165, 1.54) is 20.1 Å². The number of carbonyl (C=O) groups excluding carboxylic acids is 1. The second kappa shape index (κ2) is 22.8. The maximum atomic E-state index is 12.7. The lowest BCUT2D eigenvalue weighted by Gasteiger charge is -2.53. The first-order chi connectivity index (χ1) is 31.8. The summed E-state index contributed by atoms with van der Waals surface area (Å²) in [5.74, 6) is -2.25. The van der Waals surface area contributed by atoms with Crippen LogP contribution in [-0.2, 0) is 47.4 Å². The monoisotopic (exact) mass is 970 g/mol. The largest absolute Gasteiger partial charge is 0.460 e. The molecule has 0 aromatic heterocycles. The van der Waals surface area contributed by atoms with E-state index in [1.54, 1.807) is 6.08 Å². The van der Waals surface area contributed by atoms with Crippen LogP contribution in [0, 0.1) is 17.8 Å². The first-order valence-electron chi connectivity index (χ1n) is 23.2. The van der Waals surface area contributed by atoms with Gasteiger partial charge in [0.1, 0.15) is 79.9 Å². The van der Waals surface area contributed by atoms with E-state index in [2.05, 4.69) is 0 Å². The summed E-state index contributed by atoms with van der Waals surface area (Å²) >= 11 is 0. The molecular formula is C43H70O24. The highest BCUT2D eigenvalue weighted by Gasteiger charge is 2.55. The van der Waals surface area contributed by atoms with Crippen LogP contribution in [0.5, 0.6) is 0 Å². The molecule has 24 nitrogen and oxygen atoms in total. The van der Waals surface area contributed by atoms with Gasteiger partial charge in [-0.25, -0.2) is 4.79 Å². The molecule has 26 atom stereocenters. The first-order valence-corrected chi connectivity index (χ1v) is 23.2. The Bertz CT molecular complexity index is 1600. The van der Waals surface area contributed by atoms with Crippen molar-refractivity contribution in [3.05, 3.63) is 12.2 Å². The summed E-state index contributed by atoms with van der Waals surface area (Å²) in [7, 11) is 1.49. The number of methoxy groups -OCH3 is 1. The van der Waals surface area contributed by atoms with E-state index in [4.69, 9.17) is 42.6 Å². The fourth-order valence-corrected chi connectivity index (χ4v) is 10.6. The zero-order chi connectivity index (χ0) is 48.6. The van der Waals surface area contributed by atoms with E-state index in [0.29, 0.717) is 19.3 Å². The van der Waals surface area contributed by atoms with Gasteiger partial charge in [0, 0.05) is 25.5 Å². The summed E-state index contributed by atoms with van der Waals surface area (Å²) in [5, 5.41) is 150. The highest BCUT2D eigenvalue weighted by Crippen LogP contribution is 2.45. The molecular weight excluding hydrogens is 900 g/mol. The fraction of sp³-hybridized carbons (Fsp3) is 0.930. The van der Waals surface area contributed by atoms with Gasteiger partial charge in [0.25, 0.3) is 0 Å². The van der Waals surface area contributed by atoms with E-state index in [9.17, 15) is 76.3 Å². The van der Waals surface area contributed by atoms with E-state index >= 15 is 0 Å². The summed E-state index contributed by atoms with van der Waals surface area (Å²) in [4.78, 5) is 12.7. The highest BCUT2D eigenvalue weighted by atomic mass is 16.7.